The minimum atomic E-state index is -2.42. The lowest BCUT2D eigenvalue weighted by molar-refractivity contribution is -0.112. The van der Waals surface area contributed by atoms with Crippen LogP contribution in [0.1, 0.15) is 22.3 Å². The van der Waals surface area contributed by atoms with Crippen LogP contribution < -0.4 is 10.6 Å². The third kappa shape index (κ3) is 9.92. The van der Waals surface area contributed by atoms with Gasteiger partial charge in [0.15, 0.2) is 0 Å². The van der Waals surface area contributed by atoms with Gasteiger partial charge in [-0.2, -0.15) is 10.2 Å². The summed E-state index contributed by atoms with van der Waals surface area (Å²) in [5, 5.41) is 14.1. The molecule has 0 fully saturated rings. The Labute approximate surface area is 310 Å². The van der Waals surface area contributed by atoms with Gasteiger partial charge in [0.05, 0.1) is 23.8 Å². The molecular formula is C40H34F2N6O5P+. The number of hydrogen-bond donors (Lipinski definition) is 2. The SMILES string of the molecule is Cn1ncc(/C=C/C(=O)Nc2ccc(CO[P+](=O)OCc3ccc(NC(=O)/C=C/c4cnn(C)c4-c4ccc(F)cc4)cc3)cc2)c1-c1ccc(F)cc1. The van der Waals surface area contributed by atoms with E-state index >= 15 is 0 Å². The van der Waals surface area contributed by atoms with Crippen LogP contribution in [0.4, 0.5) is 20.2 Å². The van der Waals surface area contributed by atoms with Crippen LogP contribution in [-0.4, -0.2) is 31.4 Å². The largest absolute Gasteiger partial charge is 0.698 e. The van der Waals surface area contributed by atoms with Gasteiger partial charge >= 0.3 is 8.25 Å². The summed E-state index contributed by atoms with van der Waals surface area (Å²) in [6.07, 6.45) is 9.33. The van der Waals surface area contributed by atoms with Crippen molar-refractivity contribution in [3.8, 4) is 22.5 Å². The number of benzene rings is 4. The number of nitrogens with one attached hydrogen (secondary N) is 2. The first-order chi connectivity index (χ1) is 26.1. The van der Waals surface area contributed by atoms with E-state index in [4.69, 9.17) is 9.05 Å². The van der Waals surface area contributed by atoms with Gasteiger partial charge in [0.2, 0.25) is 11.8 Å². The quantitative estimate of drug-likeness (QED) is 0.0845. The van der Waals surface area contributed by atoms with E-state index in [9.17, 15) is 22.9 Å². The number of amides is 2. The Kier molecular flexibility index (Phi) is 12.0. The number of aryl methyl sites for hydroxylation is 2. The summed E-state index contributed by atoms with van der Waals surface area (Å²) in [6, 6.07) is 25.8. The molecule has 2 N–H and O–H groups in total. The van der Waals surface area contributed by atoms with E-state index in [-0.39, 0.29) is 36.7 Å². The van der Waals surface area contributed by atoms with E-state index in [1.54, 1.807) is 121 Å². The zero-order chi connectivity index (χ0) is 38.0. The van der Waals surface area contributed by atoms with Gasteiger partial charge in [-0.25, -0.2) is 8.78 Å². The molecule has 0 atom stereocenters. The first-order valence-corrected chi connectivity index (χ1v) is 17.7. The molecule has 2 amide bonds. The van der Waals surface area contributed by atoms with Crippen molar-refractivity contribution in [1.29, 1.82) is 0 Å². The zero-order valence-corrected chi connectivity index (χ0v) is 30.0. The third-order valence-corrected chi connectivity index (χ3v) is 8.79. The highest BCUT2D eigenvalue weighted by Crippen LogP contribution is 2.29. The molecule has 0 radical (unpaired) electrons. The molecule has 2 aromatic heterocycles. The molecule has 4 aromatic carbocycles. The predicted octanol–water partition coefficient (Wildman–Crippen LogP) is 8.46. The number of anilines is 2. The Balaban J connectivity index is 0.922. The average molecular weight is 748 g/mol. The fraction of sp³-hybridized carbons (Fsp3) is 0.100. The smallest absolute Gasteiger partial charge is 0.323 e. The maximum atomic E-state index is 13.4. The van der Waals surface area contributed by atoms with Crippen LogP contribution in [0.25, 0.3) is 34.7 Å². The second-order valence-electron chi connectivity index (χ2n) is 12.0. The number of carbonyl (C=O) groups excluding carboxylic acids is 2. The maximum Gasteiger partial charge on any atom is 0.698 e. The van der Waals surface area contributed by atoms with E-state index in [0.717, 1.165) is 33.6 Å². The van der Waals surface area contributed by atoms with Crippen molar-refractivity contribution < 1.29 is 32.0 Å². The minimum Gasteiger partial charge on any atom is -0.323 e. The molecule has 6 aromatic rings. The van der Waals surface area contributed by atoms with Crippen molar-refractivity contribution >= 4 is 43.6 Å². The van der Waals surface area contributed by atoms with E-state index in [1.165, 1.54) is 36.4 Å². The van der Waals surface area contributed by atoms with E-state index in [0.29, 0.717) is 22.5 Å². The highest BCUT2D eigenvalue weighted by molar-refractivity contribution is 7.33. The van der Waals surface area contributed by atoms with Crippen LogP contribution in [0.5, 0.6) is 0 Å². The molecule has 11 nitrogen and oxygen atoms in total. The number of nitrogens with zero attached hydrogens (tertiary/aromatic N) is 4. The number of halogens is 2. The Hall–Kier alpha value is -6.40. The van der Waals surface area contributed by atoms with Gasteiger partial charge in [-0.3, -0.25) is 19.0 Å². The summed E-state index contributed by atoms with van der Waals surface area (Å²) in [5.41, 5.74) is 6.99. The second kappa shape index (κ2) is 17.4. The van der Waals surface area contributed by atoms with Gasteiger partial charge in [0.1, 0.15) is 24.8 Å². The van der Waals surface area contributed by atoms with Crippen LogP contribution in [0.3, 0.4) is 0 Å². The normalized spacial score (nSPS) is 11.3. The van der Waals surface area contributed by atoms with Gasteiger partial charge < -0.3 is 10.6 Å². The van der Waals surface area contributed by atoms with E-state index in [1.807, 2.05) is 0 Å². The van der Waals surface area contributed by atoms with Gasteiger partial charge in [0, 0.05) is 64.4 Å². The van der Waals surface area contributed by atoms with E-state index < -0.39 is 8.25 Å². The zero-order valence-electron chi connectivity index (χ0n) is 29.1. The van der Waals surface area contributed by atoms with Crippen LogP contribution >= 0.6 is 8.25 Å². The molecule has 0 aliphatic carbocycles. The lowest BCUT2D eigenvalue weighted by Crippen LogP contribution is -2.07. The molecule has 0 unspecified atom stereocenters. The van der Waals surface area contributed by atoms with Crippen molar-refractivity contribution in [2.75, 3.05) is 10.6 Å². The number of hydrogen-bond acceptors (Lipinski definition) is 7. The Morgan fingerprint density at radius 1 is 0.630 bits per heavy atom. The molecule has 14 heteroatoms. The Morgan fingerprint density at radius 2 is 1.00 bits per heavy atom. The summed E-state index contributed by atoms with van der Waals surface area (Å²) in [4.78, 5) is 25.2. The minimum absolute atomic E-state index is 0.0272. The second-order valence-corrected chi connectivity index (χ2v) is 12.9. The van der Waals surface area contributed by atoms with Crippen LogP contribution in [-0.2, 0) is 50.5 Å². The molecule has 0 saturated carbocycles. The highest BCUT2D eigenvalue weighted by atomic mass is 31.1. The third-order valence-electron chi connectivity index (χ3n) is 8.11. The van der Waals surface area contributed by atoms with Gasteiger partial charge in [-0.15, -0.1) is 9.05 Å². The number of rotatable bonds is 14. The fourth-order valence-corrected chi connectivity index (χ4v) is 6.02. The first kappa shape index (κ1) is 37.4. The van der Waals surface area contributed by atoms with Crippen molar-refractivity contribution in [3.05, 3.63) is 155 Å². The fourth-order valence-electron chi connectivity index (χ4n) is 5.43. The van der Waals surface area contributed by atoms with Crippen molar-refractivity contribution in [1.82, 2.24) is 19.6 Å². The number of carbonyl (C=O) groups is 2. The molecule has 6 rings (SSSR count). The van der Waals surface area contributed by atoms with Crippen molar-refractivity contribution in [2.24, 2.45) is 14.1 Å². The lowest BCUT2D eigenvalue weighted by atomic mass is 10.1. The molecule has 54 heavy (non-hydrogen) atoms. The highest BCUT2D eigenvalue weighted by Gasteiger charge is 2.21. The Morgan fingerprint density at radius 3 is 1.37 bits per heavy atom. The molecule has 0 aliphatic rings. The summed E-state index contributed by atoms with van der Waals surface area (Å²) in [7, 11) is 1.12. The van der Waals surface area contributed by atoms with Gasteiger partial charge in [-0.05, 0) is 96.1 Å². The molecule has 0 aliphatic heterocycles. The first-order valence-electron chi connectivity index (χ1n) is 16.6. The molecule has 0 bridgehead atoms. The standard InChI is InChI=1S/C40H33F2N6O5P/c1-47-39(29-7-13-33(41)14-8-29)31(23-43-47)11-21-37(49)45-35-17-3-27(4-18-35)25-52-54(51)53-26-28-5-19-36(20-6-28)46-38(50)22-12-32-24-44-48(2)40(32)30-9-15-34(42)16-10-30/h3-24H,25-26H2,1-2H3,(H-,45,46,49,50)/p+1/b21-11+,22-12+. The molecular weight excluding hydrogens is 713 g/mol. The van der Waals surface area contributed by atoms with Gasteiger partial charge in [-0.1, -0.05) is 24.3 Å². The monoisotopic (exact) mass is 747 g/mol. The molecule has 0 spiro atoms. The number of aromatic nitrogens is 4. The Bertz CT molecular complexity index is 2160. The molecule has 0 saturated heterocycles. The molecule has 2 heterocycles. The summed E-state index contributed by atoms with van der Waals surface area (Å²) < 4.78 is 53.2. The van der Waals surface area contributed by atoms with Crippen LogP contribution in [0, 0.1) is 11.6 Å². The van der Waals surface area contributed by atoms with Crippen molar-refractivity contribution in [2.45, 2.75) is 13.2 Å². The summed E-state index contributed by atoms with van der Waals surface area (Å²) in [5.74, 6) is -1.38. The topological polar surface area (TPSA) is 129 Å². The van der Waals surface area contributed by atoms with Crippen LogP contribution in [0.15, 0.2) is 122 Å². The van der Waals surface area contributed by atoms with Crippen LogP contribution in [0.2, 0.25) is 0 Å². The summed E-state index contributed by atoms with van der Waals surface area (Å²) in [6.45, 7) is 0.0544. The molecule has 272 valence electrons. The van der Waals surface area contributed by atoms with Gasteiger partial charge in [0.25, 0.3) is 0 Å². The predicted molar refractivity (Wildman–Crippen MR) is 203 cm³/mol. The maximum absolute atomic E-state index is 13.4. The van der Waals surface area contributed by atoms with Crippen molar-refractivity contribution in [3.63, 3.8) is 0 Å². The average Bonchev–Trinajstić information content (AvgIpc) is 3.74. The lowest BCUT2D eigenvalue weighted by Gasteiger charge is -2.05. The van der Waals surface area contributed by atoms with E-state index in [2.05, 4.69) is 20.8 Å². The summed E-state index contributed by atoms with van der Waals surface area (Å²) >= 11 is 0.